The van der Waals surface area contributed by atoms with E-state index in [1.165, 1.54) is 0 Å². The average molecular weight is 397 g/mol. The predicted octanol–water partition coefficient (Wildman–Crippen LogP) is 2.45. The molecule has 2 heterocycles. The number of methoxy groups -OCH3 is 2. The number of ether oxygens (including phenoxy) is 2. The molecule has 0 atom stereocenters. The summed E-state index contributed by atoms with van der Waals surface area (Å²) in [5.41, 5.74) is 1.62. The molecule has 29 heavy (non-hydrogen) atoms. The number of aromatic nitrogens is 1. The number of carbonyl (C=O) groups is 2. The van der Waals surface area contributed by atoms with Crippen molar-refractivity contribution in [3.8, 4) is 11.5 Å². The van der Waals surface area contributed by atoms with Crippen LogP contribution < -0.4 is 14.8 Å². The normalized spacial score (nSPS) is 14.3. The third-order valence-electron chi connectivity index (χ3n) is 5.14. The van der Waals surface area contributed by atoms with Crippen molar-refractivity contribution in [3.05, 3.63) is 53.9 Å². The lowest BCUT2D eigenvalue weighted by Crippen LogP contribution is -2.46. The Morgan fingerprint density at radius 1 is 1.14 bits per heavy atom. The molecule has 1 aliphatic heterocycles. The minimum absolute atomic E-state index is 0.00340. The molecule has 7 heteroatoms. The van der Waals surface area contributed by atoms with E-state index in [1.54, 1.807) is 38.7 Å². The fraction of sp³-hybridized carbons (Fsp3) is 0.409. The summed E-state index contributed by atoms with van der Waals surface area (Å²) in [6.07, 6.45) is 5.79. The largest absolute Gasteiger partial charge is 0.493 e. The molecule has 154 valence electrons. The summed E-state index contributed by atoms with van der Waals surface area (Å²) in [6.45, 7) is 1.27. The molecule has 0 bridgehead atoms. The van der Waals surface area contributed by atoms with E-state index in [0.717, 1.165) is 18.4 Å². The zero-order chi connectivity index (χ0) is 20.6. The van der Waals surface area contributed by atoms with Gasteiger partial charge in [-0.15, -0.1) is 0 Å². The molecule has 0 radical (unpaired) electrons. The molecule has 1 aromatic carbocycles. The summed E-state index contributed by atoms with van der Waals surface area (Å²) >= 11 is 0. The highest BCUT2D eigenvalue weighted by Crippen LogP contribution is 2.28. The van der Waals surface area contributed by atoms with Crippen LogP contribution in [0.25, 0.3) is 0 Å². The van der Waals surface area contributed by atoms with Gasteiger partial charge in [0.25, 0.3) is 5.91 Å². The summed E-state index contributed by atoms with van der Waals surface area (Å²) in [5, 5.41) is 3.09. The molecule has 7 nitrogen and oxygen atoms in total. The van der Waals surface area contributed by atoms with Crippen LogP contribution in [-0.4, -0.2) is 55.0 Å². The number of benzene rings is 1. The summed E-state index contributed by atoms with van der Waals surface area (Å²) in [6, 6.07) is 9.33. The average Bonchev–Trinajstić information content (AvgIpc) is 2.78. The van der Waals surface area contributed by atoms with Gasteiger partial charge in [-0.25, -0.2) is 0 Å². The number of pyridine rings is 1. The van der Waals surface area contributed by atoms with Gasteiger partial charge in [-0.1, -0.05) is 6.07 Å². The monoisotopic (exact) mass is 397 g/mol. The Hall–Kier alpha value is -3.09. The predicted molar refractivity (Wildman–Crippen MR) is 109 cm³/mol. The Labute approximate surface area is 171 Å². The summed E-state index contributed by atoms with van der Waals surface area (Å²) in [5.74, 6) is 1.36. The van der Waals surface area contributed by atoms with Gasteiger partial charge in [-0.05, 0) is 49.1 Å². The van der Waals surface area contributed by atoms with Crippen LogP contribution in [-0.2, 0) is 11.2 Å². The lowest BCUT2D eigenvalue weighted by molar-refractivity contribution is -0.122. The lowest BCUT2D eigenvalue weighted by atomic mass is 10.0. The van der Waals surface area contributed by atoms with Crippen molar-refractivity contribution in [1.29, 1.82) is 0 Å². The van der Waals surface area contributed by atoms with Crippen LogP contribution in [0, 0.1) is 0 Å². The van der Waals surface area contributed by atoms with Crippen LogP contribution in [0.5, 0.6) is 11.5 Å². The number of carbonyl (C=O) groups excluding carboxylic acids is 2. The van der Waals surface area contributed by atoms with Crippen molar-refractivity contribution in [2.75, 3.05) is 27.3 Å². The maximum Gasteiger partial charge on any atom is 0.255 e. The third kappa shape index (κ3) is 5.47. The summed E-state index contributed by atoms with van der Waals surface area (Å²) in [4.78, 5) is 30.6. The van der Waals surface area contributed by atoms with Gasteiger partial charge < -0.3 is 19.7 Å². The number of likely N-dealkylation sites (tertiary alicyclic amines) is 1. The number of hydrogen-bond acceptors (Lipinski definition) is 5. The SMILES string of the molecule is COc1ccc(CCC(=O)NC2CCN(C(=O)c3cccnc3)CC2)cc1OC. The molecule has 1 aliphatic rings. The zero-order valence-corrected chi connectivity index (χ0v) is 16.9. The van der Waals surface area contributed by atoms with Gasteiger partial charge in [0, 0.05) is 37.9 Å². The van der Waals surface area contributed by atoms with Crippen molar-refractivity contribution in [2.45, 2.75) is 31.7 Å². The first-order valence-corrected chi connectivity index (χ1v) is 9.80. The fourth-order valence-corrected chi connectivity index (χ4v) is 3.49. The van der Waals surface area contributed by atoms with Crippen LogP contribution in [0.15, 0.2) is 42.7 Å². The van der Waals surface area contributed by atoms with Gasteiger partial charge in [0.05, 0.1) is 19.8 Å². The van der Waals surface area contributed by atoms with Gasteiger partial charge in [-0.3, -0.25) is 14.6 Å². The van der Waals surface area contributed by atoms with E-state index in [1.807, 2.05) is 23.1 Å². The van der Waals surface area contributed by atoms with Crippen LogP contribution in [0.4, 0.5) is 0 Å². The van der Waals surface area contributed by atoms with Crippen LogP contribution >= 0.6 is 0 Å². The zero-order valence-electron chi connectivity index (χ0n) is 16.9. The van der Waals surface area contributed by atoms with Crippen molar-refractivity contribution >= 4 is 11.8 Å². The van der Waals surface area contributed by atoms with Crippen LogP contribution in [0.1, 0.15) is 35.2 Å². The number of nitrogens with zero attached hydrogens (tertiary/aromatic N) is 2. The first-order valence-electron chi connectivity index (χ1n) is 9.80. The molecule has 0 saturated carbocycles. The Morgan fingerprint density at radius 3 is 2.55 bits per heavy atom. The lowest BCUT2D eigenvalue weighted by Gasteiger charge is -2.32. The van der Waals surface area contributed by atoms with E-state index in [9.17, 15) is 9.59 Å². The number of aryl methyl sites for hydroxylation is 1. The molecule has 1 aromatic heterocycles. The molecule has 2 amide bonds. The van der Waals surface area contributed by atoms with Crippen molar-refractivity contribution < 1.29 is 19.1 Å². The second-order valence-electron chi connectivity index (χ2n) is 7.07. The van der Waals surface area contributed by atoms with E-state index in [-0.39, 0.29) is 17.9 Å². The molecular weight excluding hydrogens is 370 g/mol. The van der Waals surface area contributed by atoms with Gasteiger partial charge in [0.15, 0.2) is 11.5 Å². The first-order chi connectivity index (χ1) is 14.1. The Bertz CT molecular complexity index is 833. The number of hydrogen-bond donors (Lipinski definition) is 1. The van der Waals surface area contributed by atoms with E-state index in [4.69, 9.17) is 9.47 Å². The van der Waals surface area contributed by atoms with Gasteiger partial charge in [0.1, 0.15) is 0 Å². The van der Waals surface area contributed by atoms with E-state index >= 15 is 0 Å². The summed E-state index contributed by atoms with van der Waals surface area (Å²) < 4.78 is 10.5. The van der Waals surface area contributed by atoms with Crippen molar-refractivity contribution in [1.82, 2.24) is 15.2 Å². The van der Waals surface area contributed by atoms with Gasteiger partial charge >= 0.3 is 0 Å². The first kappa shape index (κ1) is 20.6. The molecule has 1 saturated heterocycles. The van der Waals surface area contributed by atoms with E-state index in [0.29, 0.717) is 43.0 Å². The molecule has 3 rings (SSSR count). The highest BCUT2D eigenvalue weighted by atomic mass is 16.5. The molecule has 0 unspecified atom stereocenters. The number of piperidine rings is 1. The highest BCUT2D eigenvalue weighted by molar-refractivity contribution is 5.93. The number of rotatable bonds is 7. The smallest absolute Gasteiger partial charge is 0.255 e. The minimum atomic E-state index is -0.00340. The number of amides is 2. The third-order valence-corrected chi connectivity index (χ3v) is 5.14. The van der Waals surface area contributed by atoms with E-state index < -0.39 is 0 Å². The van der Waals surface area contributed by atoms with Gasteiger partial charge in [0.2, 0.25) is 5.91 Å². The van der Waals surface area contributed by atoms with Crippen LogP contribution in [0.3, 0.4) is 0 Å². The fourth-order valence-electron chi connectivity index (χ4n) is 3.49. The summed E-state index contributed by atoms with van der Waals surface area (Å²) in [7, 11) is 3.19. The minimum Gasteiger partial charge on any atom is -0.493 e. The maximum atomic E-state index is 12.5. The molecule has 1 N–H and O–H groups in total. The topological polar surface area (TPSA) is 80.8 Å². The second kappa shape index (κ2) is 9.91. The molecule has 0 aliphatic carbocycles. The second-order valence-corrected chi connectivity index (χ2v) is 7.07. The van der Waals surface area contributed by atoms with Crippen molar-refractivity contribution in [2.24, 2.45) is 0 Å². The number of nitrogens with one attached hydrogen (secondary N) is 1. The quantitative estimate of drug-likeness (QED) is 0.776. The Kier molecular flexibility index (Phi) is 7.05. The van der Waals surface area contributed by atoms with Crippen LogP contribution in [0.2, 0.25) is 0 Å². The van der Waals surface area contributed by atoms with E-state index in [2.05, 4.69) is 10.3 Å². The molecule has 2 aromatic rings. The van der Waals surface area contributed by atoms with Gasteiger partial charge in [-0.2, -0.15) is 0 Å². The molecule has 1 fully saturated rings. The Morgan fingerprint density at radius 2 is 1.90 bits per heavy atom. The standard InChI is InChI=1S/C22H27N3O4/c1-28-19-7-5-16(14-20(19)29-2)6-8-21(26)24-18-9-12-25(13-10-18)22(27)17-4-3-11-23-15-17/h3-5,7,11,14-15,18H,6,8-10,12-13H2,1-2H3,(H,24,26). The highest BCUT2D eigenvalue weighted by Gasteiger charge is 2.24. The molecular formula is C22H27N3O4. The molecule has 0 spiro atoms. The van der Waals surface area contributed by atoms with Crippen molar-refractivity contribution in [3.63, 3.8) is 0 Å². The maximum absolute atomic E-state index is 12.5. The Balaban J connectivity index is 1.43.